The largest absolute Gasteiger partial charge is 0.404 e. The maximum absolute atomic E-state index is 7.20. The first-order valence-corrected chi connectivity index (χ1v) is 11.6. The smallest absolute Gasteiger partial charge is 0.129 e. The maximum atomic E-state index is 7.20. The van der Waals surface area contributed by atoms with Gasteiger partial charge in [-0.25, -0.2) is 9.97 Å². The fourth-order valence-electron chi connectivity index (χ4n) is 3.53. The zero-order chi connectivity index (χ0) is 24.4. The normalized spacial score (nSPS) is 13.5. The Kier molecular flexibility index (Phi) is 6.39. The Balaban J connectivity index is 0.000000148. The Morgan fingerprint density at radius 3 is 2.17 bits per heavy atom. The van der Waals surface area contributed by atoms with E-state index in [-0.39, 0.29) is 0 Å². The minimum atomic E-state index is 0.416. The standard InChI is InChI=1S/C14H11ClN4.C11H9ClN4/c15-14-4-3-12-13(18-14)5-9(6-16-12)10-7-17-19(8-10)11-1-2-11;12-11-2-1-9-10(16-11)3-7(6-15-9)8(4-13)5-14/h3-8,11H,1-2H2;1-6,13H,14H2/b;8-5+,13-4?. The molecular formula is C25H20Cl2N8. The summed E-state index contributed by atoms with van der Waals surface area (Å²) in [5, 5.41) is 12.5. The number of halogens is 2. The number of hydrogen-bond acceptors (Lipinski definition) is 7. The van der Waals surface area contributed by atoms with Crippen molar-refractivity contribution in [3.05, 3.63) is 83.3 Å². The molecule has 8 nitrogen and oxygen atoms in total. The predicted octanol–water partition coefficient (Wildman–Crippen LogP) is 5.71. The van der Waals surface area contributed by atoms with Crippen molar-refractivity contribution >= 4 is 57.1 Å². The number of nitrogens with two attached hydrogens (primary N) is 1. The van der Waals surface area contributed by atoms with Crippen LogP contribution in [0.5, 0.6) is 0 Å². The number of nitrogens with one attached hydrogen (secondary N) is 1. The topological polar surface area (TPSA) is 119 Å². The molecule has 0 amide bonds. The fourth-order valence-corrected chi connectivity index (χ4v) is 3.84. The van der Waals surface area contributed by atoms with Crippen LogP contribution < -0.4 is 5.73 Å². The first kappa shape index (κ1) is 22.9. The van der Waals surface area contributed by atoms with Crippen LogP contribution in [-0.2, 0) is 0 Å². The molecule has 1 aliphatic carbocycles. The molecule has 174 valence electrons. The maximum Gasteiger partial charge on any atom is 0.129 e. The third kappa shape index (κ3) is 5.13. The van der Waals surface area contributed by atoms with Gasteiger partial charge in [0.1, 0.15) is 10.3 Å². The molecule has 0 aromatic carbocycles. The molecule has 5 aromatic rings. The summed E-state index contributed by atoms with van der Waals surface area (Å²) in [5.74, 6) is 0. The summed E-state index contributed by atoms with van der Waals surface area (Å²) < 4.78 is 2.03. The van der Waals surface area contributed by atoms with Crippen LogP contribution in [0.25, 0.3) is 38.8 Å². The van der Waals surface area contributed by atoms with Gasteiger partial charge in [0.15, 0.2) is 0 Å². The number of pyridine rings is 4. The monoisotopic (exact) mass is 502 g/mol. The van der Waals surface area contributed by atoms with Crippen LogP contribution >= 0.6 is 23.2 Å². The first-order valence-electron chi connectivity index (χ1n) is 10.9. The third-order valence-electron chi connectivity index (χ3n) is 5.53. The molecule has 5 aromatic heterocycles. The van der Waals surface area contributed by atoms with Gasteiger partial charge in [0.2, 0.25) is 0 Å². The van der Waals surface area contributed by atoms with Gasteiger partial charge in [-0.1, -0.05) is 23.2 Å². The van der Waals surface area contributed by atoms with Crippen molar-refractivity contribution in [2.45, 2.75) is 18.9 Å². The lowest BCUT2D eigenvalue weighted by molar-refractivity contribution is 0.642. The average Bonchev–Trinajstić information content (AvgIpc) is 3.61. The Hall–Kier alpha value is -3.88. The molecule has 0 saturated heterocycles. The summed E-state index contributed by atoms with van der Waals surface area (Å²) in [7, 11) is 0. The highest BCUT2D eigenvalue weighted by molar-refractivity contribution is 6.30. The van der Waals surface area contributed by atoms with Gasteiger partial charge in [-0.3, -0.25) is 14.6 Å². The van der Waals surface area contributed by atoms with E-state index in [9.17, 15) is 0 Å². The van der Waals surface area contributed by atoms with Crippen molar-refractivity contribution in [1.82, 2.24) is 29.7 Å². The van der Waals surface area contributed by atoms with Gasteiger partial charge in [-0.2, -0.15) is 5.10 Å². The van der Waals surface area contributed by atoms with E-state index in [1.807, 2.05) is 29.2 Å². The highest BCUT2D eigenvalue weighted by Gasteiger charge is 2.24. The van der Waals surface area contributed by atoms with E-state index in [1.54, 1.807) is 30.5 Å². The Morgan fingerprint density at radius 1 is 0.886 bits per heavy atom. The fraction of sp³-hybridized carbons (Fsp3) is 0.120. The van der Waals surface area contributed by atoms with Crippen LogP contribution in [0.15, 0.2) is 67.4 Å². The Labute approximate surface area is 211 Å². The molecule has 3 N–H and O–H groups in total. The molecule has 6 rings (SSSR count). The van der Waals surface area contributed by atoms with Crippen LogP contribution in [0.3, 0.4) is 0 Å². The van der Waals surface area contributed by atoms with E-state index in [0.29, 0.717) is 27.4 Å². The summed E-state index contributed by atoms with van der Waals surface area (Å²) in [6, 6.07) is 11.5. The lowest BCUT2D eigenvalue weighted by atomic mass is 10.1. The van der Waals surface area contributed by atoms with Crippen molar-refractivity contribution in [3.63, 3.8) is 0 Å². The molecule has 1 fully saturated rings. The second kappa shape index (κ2) is 9.77. The number of aromatic nitrogens is 6. The van der Waals surface area contributed by atoms with Gasteiger partial charge >= 0.3 is 0 Å². The summed E-state index contributed by atoms with van der Waals surface area (Å²) in [4.78, 5) is 17.1. The highest BCUT2D eigenvalue weighted by Crippen LogP contribution is 2.35. The van der Waals surface area contributed by atoms with Gasteiger partial charge in [0, 0.05) is 53.3 Å². The quantitative estimate of drug-likeness (QED) is 0.239. The van der Waals surface area contributed by atoms with Crippen molar-refractivity contribution in [2.24, 2.45) is 5.73 Å². The molecule has 10 heteroatoms. The average molecular weight is 503 g/mol. The number of hydrogen-bond donors (Lipinski definition) is 2. The summed E-state index contributed by atoms with van der Waals surface area (Å²) >= 11 is 11.7. The van der Waals surface area contributed by atoms with E-state index < -0.39 is 0 Å². The van der Waals surface area contributed by atoms with E-state index in [1.165, 1.54) is 25.3 Å². The van der Waals surface area contributed by atoms with E-state index in [0.717, 1.165) is 33.2 Å². The molecule has 35 heavy (non-hydrogen) atoms. The molecular weight excluding hydrogens is 483 g/mol. The van der Waals surface area contributed by atoms with E-state index in [4.69, 9.17) is 34.3 Å². The van der Waals surface area contributed by atoms with Crippen LogP contribution in [0.4, 0.5) is 0 Å². The second-order valence-electron chi connectivity index (χ2n) is 8.00. The lowest BCUT2D eigenvalue weighted by Crippen LogP contribution is -1.93. The van der Waals surface area contributed by atoms with Crippen LogP contribution in [0.2, 0.25) is 10.3 Å². The third-order valence-corrected chi connectivity index (χ3v) is 5.95. The summed E-state index contributed by atoms with van der Waals surface area (Å²) in [5.41, 5.74) is 11.9. The van der Waals surface area contributed by atoms with Crippen LogP contribution in [0.1, 0.15) is 24.4 Å². The Bertz CT molecular complexity index is 1570. The molecule has 0 bridgehead atoms. The molecule has 0 atom stereocenters. The number of allylic oxidation sites excluding steroid dienone is 1. The number of fused-ring (bicyclic) bond motifs is 2. The minimum Gasteiger partial charge on any atom is -0.404 e. The van der Waals surface area contributed by atoms with Gasteiger partial charge in [0.25, 0.3) is 0 Å². The number of rotatable bonds is 4. The van der Waals surface area contributed by atoms with Crippen molar-refractivity contribution in [2.75, 3.05) is 0 Å². The van der Waals surface area contributed by atoms with Crippen molar-refractivity contribution in [3.8, 4) is 11.1 Å². The SMILES string of the molecule is Clc1ccc2ncc(-c3cnn(C4CC4)c3)cc2n1.N=C/C(=C\N)c1cnc2ccc(Cl)nc2c1. The molecule has 0 unspecified atom stereocenters. The number of nitrogens with zero attached hydrogens (tertiary/aromatic N) is 6. The first-order chi connectivity index (χ1) is 17.0. The van der Waals surface area contributed by atoms with Gasteiger partial charge in [0.05, 0.1) is 34.3 Å². The predicted molar refractivity (Wildman–Crippen MR) is 140 cm³/mol. The van der Waals surface area contributed by atoms with E-state index in [2.05, 4.69) is 31.2 Å². The zero-order valence-corrected chi connectivity index (χ0v) is 19.9. The summed E-state index contributed by atoms with van der Waals surface area (Å²) in [6.07, 6.45) is 12.5. The highest BCUT2D eigenvalue weighted by atomic mass is 35.5. The van der Waals surface area contributed by atoms with Gasteiger partial charge in [-0.05, 0) is 49.2 Å². The van der Waals surface area contributed by atoms with Crippen LogP contribution in [0, 0.1) is 5.41 Å². The van der Waals surface area contributed by atoms with Gasteiger partial charge < -0.3 is 11.1 Å². The molecule has 0 spiro atoms. The Morgan fingerprint density at radius 2 is 1.54 bits per heavy atom. The van der Waals surface area contributed by atoms with Crippen molar-refractivity contribution < 1.29 is 0 Å². The minimum absolute atomic E-state index is 0.416. The lowest BCUT2D eigenvalue weighted by Gasteiger charge is -2.02. The van der Waals surface area contributed by atoms with E-state index >= 15 is 0 Å². The van der Waals surface area contributed by atoms with Crippen LogP contribution in [-0.4, -0.2) is 35.9 Å². The molecule has 0 radical (unpaired) electrons. The second-order valence-corrected chi connectivity index (χ2v) is 8.77. The zero-order valence-electron chi connectivity index (χ0n) is 18.4. The van der Waals surface area contributed by atoms with Crippen molar-refractivity contribution in [1.29, 1.82) is 5.41 Å². The molecule has 5 heterocycles. The molecule has 1 saturated carbocycles. The summed E-state index contributed by atoms with van der Waals surface area (Å²) in [6.45, 7) is 0. The molecule has 1 aliphatic rings. The van der Waals surface area contributed by atoms with Gasteiger partial charge in [-0.15, -0.1) is 0 Å². The molecule has 0 aliphatic heterocycles.